The average molecular weight is 321 g/mol. The topological polar surface area (TPSA) is 63.0 Å². The van der Waals surface area contributed by atoms with Gasteiger partial charge in [0, 0.05) is 32.7 Å². The van der Waals surface area contributed by atoms with E-state index < -0.39 is 0 Å². The number of unbranched alkanes of at least 4 members (excludes halogenated alkanes) is 2. The fourth-order valence-corrected chi connectivity index (χ4v) is 3.45. The lowest BCUT2D eigenvalue weighted by Gasteiger charge is -2.34. The molecule has 0 unspecified atom stereocenters. The van der Waals surface area contributed by atoms with Crippen LogP contribution in [0.15, 0.2) is 12.7 Å². The molecule has 3 heterocycles. The first-order valence-corrected chi connectivity index (χ1v) is 8.73. The van der Waals surface area contributed by atoms with Gasteiger partial charge < -0.3 is 4.90 Å². The molecule has 0 atom stereocenters. The molecule has 0 amide bonds. The minimum absolute atomic E-state index is 0.976. The number of nitrogens with zero attached hydrogens (tertiary/aromatic N) is 7. The summed E-state index contributed by atoms with van der Waals surface area (Å²) < 4.78 is 1.91. The number of hydrogen-bond donors (Lipinski definition) is 0. The number of hydrogen-bond acceptors (Lipinski definition) is 7. The van der Waals surface area contributed by atoms with Crippen molar-refractivity contribution < 1.29 is 0 Å². The third-order valence-electron chi connectivity index (χ3n) is 3.99. The summed E-state index contributed by atoms with van der Waals surface area (Å²) in [7, 11) is 0. The van der Waals surface area contributed by atoms with E-state index in [1.807, 2.05) is 11.6 Å². The van der Waals surface area contributed by atoms with Crippen LogP contribution in [-0.2, 0) is 6.54 Å². The third kappa shape index (κ3) is 4.23. The molecule has 0 radical (unpaired) electrons. The van der Waals surface area contributed by atoms with Crippen LogP contribution in [0.5, 0.6) is 0 Å². The Bertz CT molecular complexity index is 545. The second kappa shape index (κ2) is 7.64. The normalized spacial score (nSPS) is 16.3. The quantitative estimate of drug-likeness (QED) is 0.719. The summed E-state index contributed by atoms with van der Waals surface area (Å²) in [6.45, 7) is 8.56. The molecule has 0 N–H and O–H groups in total. The van der Waals surface area contributed by atoms with Crippen molar-refractivity contribution in [1.82, 2.24) is 29.9 Å². The van der Waals surface area contributed by atoms with Gasteiger partial charge in [0.1, 0.15) is 17.7 Å². The number of rotatable bonds is 7. The van der Waals surface area contributed by atoms with E-state index in [9.17, 15) is 0 Å². The highest BCUT2D eigenvalue weighted by molar-refractivity contribution is 7.15. The molecule has 120 valence electrons. The van der Waals surface area contributed by atoms with E-state index in [1.165, 1.54) is 25.8 Å². The molecule has 0 aromatic carbocycles. The van der Waals surface area contributed by atoms with Crippen molar-refractivity contribution in [2.75, 3.05) is 37.6 Å². The summed E-state index contributed by atoms with van der Waals surface area (Å²) in [6, 6.07) is 0. The van der Waals surface area contributed by atoms with Crippen LogP contribution >= 0.6 is 11.3 Å². The predicted molar refractivity (Wildman–Crippen MR) is 87.2 cm³/mol. The summed E-state index contributed by atoms with van der Waals surface area (Å²) in [5.74, 6) is 0. The number of anilines is 1. The summed E-state index contributed by atoms with van der Waals surface area (Å²) >= 11 is 1.69. The lowest BCUT2D eigenvalue weighted by atomic mass is 10.2. The highest BCUT2D eigenvalue weighted by Crippen LogP contribution is 2.20. The van der Waals surface area contributed by atoms with Gasteiger partial charge in [0.05, 0.1) is 0 Å². The van der Waals surface area contributed by atoms with Crippen LogP contribution in [0.2, 0.25) is 0 Å². The Balaban J connectivity index is 1.29. The molecule has 8 heteroatoms. The van der Waals surface area contributed by atoms with Gasteiger partial charge in [-0.05, 0) is 26.3 Å². The van der Waals surface area contributed by atoms with Gasteiger partial charge in [-0.25, -0.2) is 4.98 Å². The van der Waals surface area contributed by atoms with E-state index in [2.05, 4.69) is 30.1 Å². The zero-order chi connectivity index (χ0) is 15.2. The summed E-state index contributed by atoms with van der Waals surface area (Å²) in [4.78, 5) is 8.87. The zero-order valence-electron chi connectivity index (χ0n) is 13.1. The van der Waals surface area contributed by atoms with E-state index in [4.69, 9.17) is 0 Å². The van der Waals surface area contributed by atoms with Gasteiger partial charge in [0.25, 0.3) is 0 Å². The molecule has 0 saturated carbocycles. The average Bonchev–Trinajstić information content (AvgIpc) is 3.19. The van der Waals surface area contributed by atoms with Crippen molar-refractivity contribution in [3.8, 4) is 0 Å². The van der Waals surface area contributed by atoms with Gasteiger partial charge in [-0.3, -0.25) is 9.58 Å². The zero-order valence-corrected chi connectivity index (χ0v) is 13.9. The van der Waals surface area contributed by atoms with E-state index in [0.29, 0.717) is 0 Å². The Morgan fingerprint density at radius 2 is 1.86 bits per heavy atom. The van der Waals surface area contributed by atoms with Gasteiger partial charge in [-0.15, -0.1) is 10.2 Å². The first-order valence-electron chi connectivity index (χ1n) is 7.91. The molecule has 3 rings (SSSR count). The Labute approximate surface area is 135 Å². The van der Waals surface area contributed by atoms with Crippen molar-refractivity contribution in [1.29, 1.82) is 0 Å². The van der Waals surface area contributed by atoms with Crippen LogP contribution in [0.4, 0.5) is 5.13 Å². The number of piperazine rings is 1. The minimum atomic E-state index is 0.976. The Hall–Kier alpha value is -1.54. The van der Waals surface area contributed by atoms with Crippen LogP contribution in [0.3, 0.4) is 0 Å². The molecule has 1 aliphatic rings. The molecule has 0 bridgehead atoms. The molecule has 1 saturated heterocycles. The van der Waals surface area contributed by atoms with Crippen LogP contribution in [-0.4, -0.2) is 62.6 Å². The first-order chi connectivity index (χ1) is 10.8. The molecular weight excluding hydrogens is 298 g/mol. The van der Waals surface area contributed by atoms with Crippen molar-refractivity contribution >= 4 is 16.5 Å². The second-order valence-electron chi connectivity index (χ2n) is 5.65. The van der Waals surface area contributed by atoms with Crippen LogP contribution in [0.25, 0.3) is 0 Å². The molecule has 0 aliphatic carbocycles. The lowest BCUT2D eigenvalue weighted by Crippen LogP contribution is -2.46. The molecular formula is C14H23N7S. The highest BCUT2D eigenvalue weighted by atomic mass is 32.1. The standard InChI is InChI=1S/C14H23N7S/c1-13-17-18-14(22-13)20-9-7-19(8-10-20)5-3-2-4-6-21-12-15-11-16-21/h11-12H,2-10H2,1H3. The monoisotopic (exact) mass is 321 g/mol. The minimum Gasteiger partial charge on any atom is -0.344 e. The maximum Gasteiger partial charge on any atom is 0.208 e. The molecule has 1 aliphatic heterocycles. The van der Waals surface area contributed by atoms with Crippen molar-refractivity contribution in [2.45, 2.75) is 32.7 Å². The fourth-order valence-electron chi connectivity index (χ4n) is 2.71. The Kier molecular flexibility index (Phi) is 5.33. The molecule has 0 spiro atoms. The Morgan fingerprint density at radius 1 is 1.05 bits per heavy atom. The fraction of sp³-hybridized carbons (Fsp3) is 0.714. The summed E-state index contributed by atoms with van der Waals surface area (Å²) in [5, 5.41) is 14.6. The van der Waals surface area contributed by atoms with Crippen LogP contribution in [0.1, 0.15) is 24.3 Å². The number of aromatic nitrogens is 5. The smallest absolute Gasteiger partial charge is 0.208 e. The van der Waals surface area contributed by atoms with Gasteiger partial charge in [0.2, 0.25) is 5.13 Å². The van der Waals surface area contributed by atoms with E-state index >= 15 is 0 Å². The van der Waals surface area contributed by atoms with Gasteiger partial charge in [-0.2, -0.15) is 5.10 Å². The van der Waals surface area contributed by atoms with E-state index in [-0.39, 0.29) is 0 Å². The highest BCUT2D eigenvalue weighted by Gasteiger charge is 2.19. The predicted octanol–water partition coefficient (Wildman–Crippen LogP) is 1.43. The molecule has 1 fully saturated rings. The van der Waals surface area contributed by atoms with Crippen molar-refractivity contribution in [2.24, 2.45) is 0 Å². The Morgan fingerprint density at radius 3 is 2.55 bits per heavy atom. The van der Waals surface area contributed by atoms with E-state index in [1.54, 1.807) is 24.0 Å². The van der Waals surface area contributed by atoms with E-state index in [0.717, 1.165) is 42.9 Å². The SMILES string of the molecule is Cc1nnc(N2CCN(CCCCCn3cncn3)CC2)s1. The summed E-state index contributed by atoms with van der Waals surface area (Å²) in [6.07, 6.45) is 7.06. The van der Waals surface area contributed by atoms with Gasteiger partial charge >= 0.3 is 0 Å². The van der Waals surface area contributed by atoms with Crippen molar-refractivity contribution in [3.63, 3.8) is 0 Å². The second-order valence-corrected chi connectivity index (χ2v) is 6.81. The molecule has 2 aromatic heterocycles. The maximum absolute atomic E-state index is 4.24. The summed E-state index contributed by atoms with van der Waals surface area (Å²) in [5.41, 5.74) is 0. The first kappa shape index (κ1) is 15.4. The largest absolute Gasteiger partial charge is 0.344 e. The van der Waals surface area contributed by atoms with Gasteiger partial charge in [0.15, 0.2) is 0 Å². The lowest BCUT2D eigenvalue weighted by molar-refractivity contribution is 0.251. The van der Waals surface area contributed by atoms with Crippen molar-refractivity contribution in [3.05, 3.63) is 17.7 Å². The number of aryl methyl sites for hydroxylation is 2. The van der Waals surface area contributed by atoms with Crippen LogP contribution < -0.4 is 4.90 Å². The van der Waals surface area contributed by atoms with Gasteiger partial charge in [-0.1, -0.05) is 17.8 Å². The third-order valence-corrected chi connectivity index (χ3v) is 4.89. The maximum atomic E-state index is 4.24. The van der Waals surface area contributed by atoms with Crippen LogP contribution in [0, 0.1) is 6.92 Å². The molecule has 22 heavy (non-hydrogen) atoms. The molecule has 7 nitrogen and oxygen atoms in total. The molecule has 2 aromatic rings.